The van der Waals surface area contributed by atoms with Crippen molar-refractivity contribution in [1.29, 1.82) is 0 Å². The van der Waals surface area contributed by atoms with Gasteiger partial charge < -0.3 is 5.32 Å². The zero-order chi connectivity index (χ0) is 12.2. The lowest BCUT2D eigenvalue weighted by Gasteiger charge is -2.15. The molecule has 16 heavy (non-hydrogen) atoms. The number of hydrogen-bond donors (Lipinski definition) is 1. The van der Waals surface area contributed by atoms with Crippen molar-refractivity contribution in [3.8, 4) is 0 Å². The van der Waals surface area contributed by atoms with Crippen LogP contribution in [0, 0.1) is 0 Å². The van der Waals surface area contributed by atoms with Crippen LogP contribution in [-0.4, -0.2) is 21.3 Å². The summed E-state index contributed by atoms with van der Waals surface area (Å²) in [7, 11) is 0. The second-order valence-electron chi connectivity index (χ2n) is 4.90. The van der Waals surface area contributed by atoms with Gasteiger partial charge in [0, 0.05) is 28.9 Å². The fourth-order valence-corrected chi connectivity index (χ4v) is 2.37. The average molecular weight is 262 g/mol. The lowest BCUT2D eigenvalue weighted by atomic mass is 9.96. The van der Waals surface area contributed by atoms with E-state index in [4.69, 9.17) is 11.6 Å². The van der Waals surface area contributed by atoms with Crippen LogP contribution in [0.4, 0.5) is 5.13 Å². The first kappa shape index (κ1) is 13.7. The van der Waals surface area contributed by atoms with Gasteiger partial charge in [0.1, 0.15) is 5.82 Å². The lowest BCUT2D eigenvalue weighted by molar-refractivity contribution is 0.554. The van der Waals surface area contributed by atoms with Crippen LogP contribution in [0.3, 0.4) is 0 Å². The number of aromatic nitrogens is 2. The normalized spacial score (nSPS) is 13.8. The molecule has 0 bridgehead atoms. The minimum atomic E-state index is 0.0185. The number of nitrogens with one attached hydrogen (secondary N) is 1. The zero-order valence-electron chi connectivity index (χ0n) is 10.4. The Morgan fingerprint density at radius 3 is 2.56 bits per heavy atom. The van der Waals surface area contributed by atoms with Crippen LogP contribution in [-0.2, 0) is 5.41 Å². The number of alkyl halides is 1. The molecule has 0 radical (unpaired) electrons. The van der Waals surface area contributed by atoms with E-state index in [1.54, 1.807) is 0 Å². The van der Waals surface area contributed by atoms with Gasteiger partial charge in [-0.3, -0.25) is 0 Å². The highest BCUT2D eigenvalue weighted by molar-refractivity contribution is 7.09. The Labute approximate surface area is 107 Å². The summed E-state index contributed by atoms with van der Waals surface area (Å²) in [5, 5.41) is 4.29. The summed E-state index contributed by atoms with van der Waals surface area (Å²) < 4.78 is 4.37. The molecule has 0 aromatic carbocycles. The maximum atomic E-state index is 5.75. The molecule has 0 saturated heterocycles. The highest BCUT2D eigenvalue weighted by Crippen LogP contribution is 2.23. The summed E-state index contributed by atoms with van der Waals surface area (Å²) in [5.74, 6) is 1.58. The molecule has 0 aliphatic heterocycles. The van der Waals surface area contributed by atoms with Gasteiger partial charge in [-0.15, -0.1) is 11.6 Å². The van der Waals surface area contributed by atoms with Gasteiger partial charge in [0.05, 0.1) is 0 Å². The maximum Gasteiger partial charge on any atom is 0.202 e. The van der Waals surface area contributed by atoms with Crippen molar-refractivity contribution in [3.05, 3.63) is 5.82 Å². The second-order valence-corrected chi connectivity index (χ2v) is 6.03. The molecule has 0 aliphatic rings. The van der Waals surface area contributed by atoms with Gasteiger partial charge >= 0.3 is 0 Å². The first-order valence-corrected chi connectivity index (χ1v) is 6.94. The van der Waals surface area contributed by atoms with E-state index in [1.165, 1.54) is 11.5 Å². The fraction of sp³-hybridized carbons (Fsp3) is 0.818. The molecule has 0 amide bonds. The zero-order valence-corrected chi connectivity index (χ0v) is 12.0. The van der Waals surface area contributed by atoms with Crippen LogP contribution in [0.5, 0.6) is 0 Å². The topological polar surface area (TPSA) is 37.8 Å². The van der Waals surface area contributed by atoms with Crippen molar-refractivity contribution in [2.24, 2.45) is 0 Å². The lowest BCUT2D eigenvalue weighted by Crippen LogP contribution is -2.19. The Balaban J connectivity index is 2.64. The first-order chi connectivity index (χ1) is 7.47. The molecule has 5 heteroatoms. The minimum Gasteiger partial charge on any atom is -0.358 e. The molecule has 0 spiro atoms. The van der Waals surface area contributed by atoms with Gasteiger partial charge in [-0.05, 0) is 12.8 Å². The molecule has 1 aromatic heterocycles. The van der Waals surface area contributed by atoms with E-state index in [2.05, 4.69) is 42.4 Å². The van der Waals surface area contributed by atoms with Crippen molar-refractivity contribution >= 4 is 28.3 Å². The first-order valence-electron chi connectivity index (χ1n) is 5.64. The third-order valence-corrected chi connectivity index (χ3v) is 3.24. The molecular formula is C11H20ClN3S. The predicted octanol–water partition coefficient (Wildman–Crippen LogP) is 3.66. The Morgan fingerprint density at radius 2 is 2.12 bits per heavy atom. The van der Waals surface area contributed by atoms with Crippen LogP contribution < -0.4 is 5.32 Å². The quantitative estimate of drug-likeness (QED) is 0.822. The Hall–Kier alpha value is -0.350. The Morgan fingerprint density at radius 1 is 1.44 bits per heavy atom. The molecule has 0 fully saturated rings. The highest BCUT2D eigenvalue weighted by Gasteiger charge is 2.20. The van der Waals surface area contributed by atoms with E-state index in [9.17, 15) is 0 Å². The summed E-state index contributed by atoms with van der Waals surface area (Å²) >= 11 is 7.18. The minimum absolute atomic E-state index is 0.0185. The fourth-order valence-electron chi connectivity index (χ4n) is 1.27. The van der Waals surface area contributed by atoms with E-state index < -0.39 is 0 Å². The van der Waals surface area contributed by atoms with Crippen LogP contribution in [0.1, 0.15) is 46.4 Å². The summed E-state index contributed by atoms with van der Waals surface area (Å²) in [4.78, 5) is 4.50. The molecule has 1 unspecified atom stereocenters. The van der Waals surface area contributed by atoms with E-state index >= 15 is 0 Å². The number of rotatable bonds is 5. The van der Waals surface area contributed by atoms with E-state index in [0.717, 1.165) is 23.8 Å². The van der Waals surface area contributed by atoms with Gasteiger partial charge in [-0.2, -0.15) is 4.37 Å². The SMILES string of the molecule is CCC(CCCl)Nc1nc(C(C)(C)C)ns1. The summed E-state index contributed by atoms with van der Waals surface area (Å²) in [6, 6.07) is 0.401. The van der Waals surface area contributed by atoms with Gasteiger partial charge in [-0.1, -0.05) is 27.7 Å². The predicted molar refractivity (Wildman–Crippen MR) is 71.6 cm³/mol. The number of hydrogen-bond acceptors (Lipinski definition) is 4. The number of nitrogens with zero attached hydrogens (tertiary/aromatic N) is 2. The highest BCUT2D eigenvalue weighted by atomic mass is 35.5. The van der Waals surface area contributed by atoms with Crippen LogP contribution in [0.25, 0.3) is 0 Å². The number of anilines is 1. The Bertz CT molecular complexity index is 319. The molecule has 0 aliphatic carbocycles. The van der Waals surface area contributed by atoms with E-state index in [-0.39, 0.29) is 5.41 Å². The molecule has 1 aromatic rings. The van der Waals surface area contributed by atoms with Crippen LogP contribution in [0.15, 0.2) is 0 Å². The van der Waals surface area contributed by atoms with Crippen LogP contribution >= 0.6 is 23.1 Å². The molecule has 92 valence electrons. The molecule has 1 atom stereocenters. The maximum absolute atomic E-state index is 5.75. The Kier molecular flexibility index (Phi) is 4.99. The average Bonchev–Trinajstić information content (AvgIpc) is 2.65. The van der Waals surface area contributed by atoms with Gasteiger partial charge in [-0.25, -0.2) is 4.98 Å². The third-order valence-electron chi connectivity index (χ3n) is 2.37. The standard InChI is InChI=1S/C11H20ClN3S/c1-5-8(6-7-12)13-10-14-9(15-16-10)11(2,3)4/h8H,5-7H2,1-4H3,(H,13,14,15). The monoisotopic (exact) mass is 261 g/mol. The van der Waals surface area contributed by atoms with E-state index in [1.807, 2.05) is 0 Å². The molecular weight excluding hydrogens is 242 g/mol. The smallest absolute Gasteiger partial charge is 0.202 e. The van der Waals surface area contributed by atoms with Crippen molar-refractivity contribution in [1.82, 2.24) is 9.36 Å². The second kappa shape index (κ2) is 5.82. The van der Waals surface area contributed by atoms with Gasteiger partial charge in [0.25, 0.3) is 0 Å². The summed E-state index contributed by atoms with van der Waals surface area (Å²) in [5.41, 5.74) is 0.0185. The molecule has 1 N–H and O–H groups in total. The van der Waals surface area contributed by atoms with Crippen molar-refractivity contribution in [2.75, 3.05) is 11.2 Å². The van der Waals surface area contributed by atoms with Crippen molar-refractivity contribution < 1.29 is 0 Å². The van der Waals surface area contributed by atoms with Crippen molar-refractivity contribution in [2.45, 2.75) is 52.0 Å². The van der Waals surface area contributed by atoms with Gasteiger partial charge in [0.2, 0.25) is 5.13 Å². The summed E-state index contributed by atoms with van der Waals surface area (Å²) in [6.45, 7) is 8.51. The third kappa shape index (κ3) is 3.91. The molecule has 1 rings (SSSR count). The van der Waals surface area contributed by atoms with Gasteiger partial charge in [0.15, 0.2) is 0 Å². The summed E-state index contributed by atoms with van der Waals surface area (Å²) in [6.07, 6.45) is 2.01. The molecule has 0 saturated carbocycles. The number of halogens is 1. The van der Waals surface area contributed by atoms with Crippen LogP contribution in [0.2, 0.25) is 0 Å². The molecule has 3 nitrogen and oxygen atoms in total. The molecule has 1 heterocycles. The van der Waals surface area contributed by atoms with Crippen molar-refractivity contribution in [3.63, 3.8) is 0 Å². The van der Waals surface area contributed by atoms with E-state index in [0.29, 0.717) is 11.9 Å². The largest absolute Gasteiger partial charge is 0.358 e.